The molecule has 1 fully saturated rings. The lowest BCUT2D eigenvalue weighted by Gasteiger charge is -2.31. The Morgan fingerprint density at radius 3 is 2.75 bits per heavy atom. The number of nitrogens with zero attached hydrogens (tertiary/aromatic N) is 1. The third-order valence-corrected chi connectivity index (χ3v) is 3.73. The minimum absolute atomic E-state index is 0.00195. The number of benzene rings is 1. The molecule has 0 radical (unpaired) electrons. The molecule has 5 heteroatoms. The number of piperidine rings is 1. The van der Waals surface area contributed by atoms with E-state index in [1.165, 1.54) is 0 Å². The molecule has 20 heavy (non-hydrogen) atoms. The van der Waals surface area contributed by atoms with Crippen LogP contribution >= 0.6 is 0 Å². The second-order valence-corrected chi connectivity index (χ2v) is 5.12. The molecule has 1 heterocycles. The Morgan fingerprint density at radius 1 is 1.40 bits per heavy atom. The van der Waals surface area contributed by atoms with Crippen molar-refractivity contribution in [1.29, 1.82) is 0 Å². The molecule has 0 aromatic heterocycles. The van der Waals surface area contributed by atoms with Crippen LogP contribution in [0, 0.1) is 5.92 Å². The summed E-state index contributed by atoms with van der Waals surface area (Å²) in [5.74, 6) is 0.129. The van der Waals surface area contributed by atoms with E-state index < -0.39 is 0 Å². The molecule has 0 bridgehead atoms. The zero-order chi connectivity index (χ0) is 14.4. The predicted octanol–water partition coefficient (Wildman–Crippen LogP) is 1.69. The van der Waals surface area contributed by atoms with E-state index in [1.54, 1.807) is 31.4 Å². The highest BCUT2D eigenvalue weighted by Crippen LogP contribution is 2.24. The van der Waals surface area contributed by atoms with Crippen molar-refractivity contribution in [3.8, 4) is 5.75 Å². The molecule has 5 nitrogen and oxygen atoms in total. The van der Waals surface area contributed by atoms with Crippen molar-refractivity contribution in [2.24, 2.45) is 5.92 Å². The van der Waals surface area contributed by atoms with Gasteiger partial charge in [0, 0.05) is 19.6 Å². The summed E-state index contributed by atoms with van der Waals surface area (Å²) in [5.41, 5.74) is 0.485. The Hall–Kier alpha value is -1.59. The summed E-state index contributed by atoms with van der Waals surface area (Å²) in [6.45, 7) is 3.49. The molecule has 1 aliphatic rings. The van der Waals surface area contributed by atoms with Gasteiger partial charge in [-0.2, -0.15) is 0 Å². The van der Waals surface area contributed by atoms with Crippen LogP contribution in [0.15, 0.2) is 24.3 Å². The van der Waals surface area contributed by atoms with Gasteiger partial charge in [0.25, 0.3) is 0 Å². The maximum absolute atomic E-state index is 12.2. The lowest BCUT2D eigenvalue weighted by molar-refractivity contribution is -0.121. The highest BCUT2D eigenvalue weighted by Gasteiger charge is 2.25. The van der Waals surface area contributed by atoms with E-state index in [0.29, 0.717) is 5.69 Å². The molecule has 1 amide bonds. The molecule has 1 aromatic rings. The molecule has 2 rings (SSSR count). The van der Waals surface area contributed by atoms with E-state index in [1.807, 2.05) is 0 Å². The smallest absolute Gasteiger partial charge is 0.227 e. The van der Waals surface area contributed by atoms with Crippen LogP contribution in [0.5, 0.6) is 5.75 Å². The number of phenolic OH excluding ortho intramolecular Hbond substituents is 1. The maximum atomic E-state index is 12.2. The van der Waals surface area contributed by atoms with Gasteiger partial charge in [0.2, 0.25) is 5.91 Å². The predicted molar refractivity (Wildman–Crippen MR) is 77.8 cm³/mol. The normalized spacial score (nSPS) is 17.1. The van der Waals surface area contributed by atoms with Gasteiger partial charge < -0.3 is 20.1 Å². The summed E-state index contributed by atoms with van der Waals surface area (Å²) in [6, 6.07) is 6.81. The van der Waals surface area contributed by atoms with Crippen molar-refractivity contribution in [1.82, 2.24) is 4.90 Å². The van der Waals surface area contributed by atoms with Crippen molar-refractivity contribution in [3.05, 3.63) is 24.3 Å². The Morgan fingerprint density at radius 2 is 2.10 bits per heavy atom. The monoisotopic (exact) mass is 278 g/mol. The van der Waals surface area contributed by atoms with Gasteiger partial charge in [-0.25, -0.2) is 0 Å². The van der Waals surface area contributed by atoms with Gasteiger partial charge in [-0.05, 0) is 38.1 Å². The molecule has 0 saturated carbocycles. The number of amides is 1. The first-order valence-corrected chi connectivity index (χ1v) is 7.01. The number of para-hydroxylation sites is 2. The molecular formula is C15H22N2O3. The fourth-order valence-corrected chi connectivity index (χ4v) is 2.45. The average molecular weight is 278 g/mol. The van der Waals surface area contributed by atoms with E-state index in [9.17, 15) is 9.90 Å². The van der Waals surface area contributed by atoms with Gasteiger partial charge in [-0.15, -0.1) is 0 Å². The van der Waals surface area contributed by atoms with E-state index in [4.69, 9.17) is 4.74 Å². The van der Waals surface area contributed by atoms with E-state index in [-0.39, 0.29) is 17.6 Å². The molecule has 2 N–H and O–H groups in total. The van der Waals surface area contributed by atoms with Gasteiger partial charge in [0.05, 0.1) is 12.3 Å². The molecule has 0 atom stereocenters. The van der Waals surface area contributed by atoms with Gasteiger partial charge in [-0.1, -0.05) is 12.1 Å². The van der Waals surface area contributed by atoms with Gasteiger partial charge in [-0.3, -0.25) is 4.79 Å². The molecule has 110 valence electrons. The highest BCUT2D eigenvalue weighted by molar-refractivity contribution is 5.93. The fraction of sp³-hybridized carbons (Fsp3) is 0.533. The van der Waals surface area contributed by atoms with Crippen molar-refractivity contribution >= 4 is 11.6 Å². The van der Waals surface area contributed by atoms with Gasteiger partial charge in [0.1, 0.15) is 5.75 Å². The first-order chi connectivity index (χ1) is 9.70. The van der Waals surface area contributed by atoms with Crippen LogP contribution in [0.4, 0.5) is 5.69 Å². The van der Waals surface area contributed by atoms with Crippen LogP contribution in [0.2, 0.25) is 0 Å². The van der Waals surface area contributed by atoms with Crippen LogP contribution in [0.25, 0.3) is 0 Å². The lowest BCUT2D eigenvalue weighted by atomic mass is 9.96. The number of carbonyl (C=O) groups is 1. The van der Waals surface area contributed by atoms with Crippen LogP contribution < -0.4 is 5.32 Å². The number of phenols is 1. The number of nitrogens with one attached hydrogen (secondary N) is 1. The molecule has 0 spiro atoms. The third-order valence-electron chi connectivity index (χ3n) is 3.73. The quantitative estimate of drug-likeness (QED) is 0.805. The summed E-state index contributed by atoms with van der Waals surface area (Å²) in [4.78, 5) is 14.5. The number of anilines is 1. The first-order valence-electron chi connectivity index (χ1n) is 7.01. The van der Waals surface area contributed by atoms with Crippen LogP contribution in [0.1, 0.15) is 12.8 Å². The Kier molecular flexibility index (Phi) is 5.38. The minimum Gasteiger partial charge on any atom is -0.506 e. The van der Waals surface area contributed by atoms with Gasteiger partial charge >= 0.3 is 0 Å². The third kappa shape index (κ3) is 3.95. The number of rotatable bonds is 5. The molecule has 1 aromatic carbocycles. The SMILES string of the molecule is COCCN1CCC(C(=O)Nc2ccccc2O)CC1. The Bertz CT molecular complexity index is 442. The van der Waals surface area contributed by atoms with Crippen molar-refractivity contribution in [3.63, 3.8) is 0 Å². The molecule has 0 aliphatic carbocycles. The van der Waals surface area contributed by atoms with E-state index >= 15 is 0 Å². The second-order valence-electron chi connectivity index (χ2n) is 5.12. The summed E-state index contributed by atoms with van der Waals surface area (Å²) >= 11 is 0. The van der Waals surface area contributed by atoms with Crippen LogP contribution in [-0.4, -0.2) is 49.3 Å². The minimum atomic E-state index is -0.00195. The Balaban J connectivity index is 1.82. The van der Waals surface area contributed by atoms with Crippen LogP contribution in [0.3, 0.4) is 0 Å². The highest BCUT2D eigenvalue weighted by atomic mass is 16.5. The van der Waals surface area contributed by atoms with E-state index in [2.05, 4.69) is 10.2 Å². The van der Waals surface area contributed by atoms with Gasteiger partial charge in [0.15, 0.2) is 0 Å². The van der Waals surface area contributed by atoms with Crippen molar-refractivity contribution in [2.75, 3.05) is 38.7 Å². The molecule has 0 unspecified atom stereocenters. The first kappa shape index (κ1) is 14.8. The molecule has 1 aliphatic heterocycles. The fourth-order valence-electron chi connectivity index (χ4n) is 2.45. The van der Waals surface area contributed by atoms with Crippen molar-refractivity contribution in [2.45, 2.75) is 12.8 Å². The van der Waals surface area contributed by atoms with Crippen molar-refractivity contribution < 1.29 is 14.6 Å². The zero-order valence-corrected chi connectivity index (χ0v) is 11.8. The zero-order valence-electron chi connectivity index (χ0n) is 11.8. The summed E-state index contributed by atoms with van der Waals surface area (Å²) in [5, 5.41) is 12.5. The summed E-state index contributed by atoms with van der Waals surface area (Å²) < 4.78 is 5.06. The number of aromatic hydroxyl groups is 1. The number of likely N-dealkylation sites (tertiary alicyclic amines) is 1. The second kappa shape index (κ2) is 7.26. The number of methoxy groups -OCH3 is 1. The van der Waals surface area contributed by atoms with E-state index in [0.717, 1.165) is 39.1 Å². The number of carbonyl (C=O) groups excluding carboxylic acids is 1. The summed E-state index contributed by atoms with van der Waals surface area (Å²) in [6.07, 6.45) is 1.70. The average Bonchev–Trinajstić information content (AvgIpc) is 2.48. The Labute approximate surface area is 119 Å². The maximum Gasteiger partial charge on any atom is 0.227 e. The number of hydrogen-bond donors (Lipinski definition) is 2. The standard InChI is InChI=1S/C15H22N2O3/c1-20-11-10-17-8-6-12(7-9-17)15(19)16-13-4-2-3-5-14(13)18/h2-5,12,18H,6-11H2,1H3,(H,16,19). The molecule has 1 saturated heterocycles. The number of ether oxygens (including phenoxy) is 1. The lowest BCUT2D eigenvalue weighted by Crippen LogP contribution is -2.39. The topological polar surface area (TPSA) is 61.8 Å². The number of hydrogen-bond acceptors (Lipinski definition) is 4. The van der Waals surface area contributed by atoms with Crippen LogP contribution in [-0.2, 0) is 9.53 Å². The molecular weight excluding hydrogens is 256 g/mol. The largest absolute Gasteiger partial charge is 0.506 e. The summed E-state index contributed by atoms with van der Waals surface area (Å²) in [7, 11) is 1.70.